The van der Waals surface area contributed by atoms with Crippen LogP contribution in [0.5, 0.6) is 0 Å². The highest BCUT2D eigenvalue weighted by atomic mass is 31.1. The topological polar surface area (TPSA) is 0 Å². The Labute approximate surface area is 187 Å². The van der Waals surface area contributed by atoms with Crippen LogP contribution in [0, 0.1) is 0 Å². The summed E-state index contributed by atoms with van der Waals surface area (Å²) >= 11 is 0. The van der Waals surface area contributed by atoms with E-state index in [1.807, 2.05) is 0 Å². The lowest BCUT2D eigenvalue weighted by Gasteiger charge is -2.34. The molecule has 0 unspecified atom stereocenters. The summed E-state index contributed by atoms with van der Waals surface area (Å²) in [6.45, 7) is 0. The van der Waals surface area contributed by atoms with Crippen molar-refractivity contribution in [2.75, 3.05) is 0 Å². The highest BCUT2D eigenvalue weighted by Gasteiger charge is 2.29. The smallest absolute Gasteiger partial charge is 0.0104 e. The van der Waals surface area contributed by atoms with Crippen LogP contribution in [0.25, 0.3) is 22.3 Å². The number of hydrogen-bond acceptors (Lipinski definition) is 0. The molecule has 0 saturated heterocycles. The van der Waals surface area contributed by atoms with Gasteiger partial charge in [0.1, 0.15) is 0 Å². The molecule has 31 heavy (non-hydrogen) atoms. The van der Waals surface area contributed by atoms with Crippen LogP contribution >= 0.6 is 7.92 Å². The molecule has 1 fully saturated rings. The normalized spacial score (nSPS) is 14.6. The van der Waals surface area contributed by atoms with Gasteiger partial charge < -0.3 is 0 Å². The maximum Gasteiger partial charge on any atom is -0.0104 e. The molecule has 0 spiro atoms. The lowest BCUT2D eigenvalue weighted by atomic mass is 10.0. The van der Waals surface area contributed by atoms with Gasteiger partial charge in [0.25, 0.3) is 0 Å². The molecule has 5 rings (SSSR count). The van der Waals surface area contributed by atoms with Gasteiger partial charge >= 0.3 is 0 Å². The van der Waals surface area contributed by atoms with Crippen LogP contribution in [-0.4, -0.2) is 5.66 Å². The van der Waals surface area contributed by atoms with Crippen molar-refractivity contribution >= 4 is 18.5 Å². The van der Waals surface area contributed by atoms with E-state index < -0.39 is 7.92 Å². The third-order valence-corrected chi connectivity index (χ3v) is 9.50. The SMILES string of the molecule is c1ccc(-c2ccccc2P(c2ccccc2-c2ccccc2)C2CCCCC2)cc1. The molecule has 0 nitrogen and oxygen atoms in total. The van der Waals surface area contributed by atoms with E-state index in [-0.39, 0.29) is 0 Å². The maximum atomic E-state index is 2.41. The molecule has 0 atom stereocenters. The lowest BCUT2D eigenvalue weighted by Crippen LogP contribution is -2.26. The summed E-state index contributed by atoms with van der Waals surface area (Å²) in [7, 11) is -0.458. The third kappa shape index (κ3) is 4.36. The zero-order valence-electron chi connectivity index (χ0n) is 18.0. The predicted molar refractivity (Wildman–Crippen MR) is 137 cm³/mol. The summed E-state index contributed by atoms with van der Waals surface area (Å²) in [5, 5.41) is 3.08. The second kappa shape index (κ2) is 9.63. The Morgan fingerprint density at radius 2 is 0.871 bits per heavy atom. The molecule has 0 N–H and O–H groups in total. The monoisotopic (exact) mass is 420 g/mol. The van der Waals surface area contributed by atoms with Crippen LogP contribution in [0.1, 0.15) is 32.1 Å². The molecule has 0 amide bonds. The summed E-state index contributed by atoms with van der Waals surface area (Å²) in [5.74, 6) is 0. The lowest BCUT2D eigenvalue weighted by molar-refractivity contribution is 0.513. The van der Waals surface area contributed by atoms with E-state index in [9.17, 15) is 0 Å². The minimum Gasteiger partial charge on any atom is -0.0622 e. The largest absolute Gasteiger partial charge is 0.0622 e. The molecule has 4 aromatic carbocycles. The van der Waals surface area contributed by atoms with Crippen LogP contribution in [0.4, 0.5) is 0 Å². The highest BCUT2D eigenvalue weighted by Crippen LogP contribution is 2.49. The van der Waals surface area contributed by atoms with Crippen LogP contribution in [0.3, 0.4) is 0 Å². The molecule has 4 aromatic rings. The Morgan fingerprint density at radius 1 is 0.452 bits per heavy atom. The van der Waals surface area contributed by atoms with E-state index >= 15 is 0 Å². The summed E-state index contributed by atoms with van der Waals surface area (Å²) in [4.78, 5) is 0. The molecule has 0 radical (unpaired) electrons. The number of rotatable bonds is 5. The van der Waals surface area contributed by atoms with Crippen molar-refractivity contribution in [1.29, 1.82) is 0 Å². The van der Waals surface area contributed by atoms with Gasteiger partial charge in [0.05, 0.1) is 0 Å². The van der Waals surface area contributed by atoms with E-state index in [4.69, 9.17) is 0 Å². The minimum atomic E-state index is -0.458. The summed E-state index contributed by atoms with van der Waals surface area (Å²) in [6.07, 6.45) is 6.81. The molecule has 0 heterocycles. The van der Waals surface area contributed by atoms with E-state index in [0.29, 0.717) is 0 Å². The highest BCUT2D eigenvalue weighted by molar-refractivity contribution is 7.74. The van der Waals surface area contributed by atoms with Gasteiger partial charge in [0, 0.05) is 0 Å². The fourth-order valence-corrected chi connectivity index (χ4v) is 8.30. The van der Waals surface area contributed by atoms with Gasteiger partial charge in [-0.2, -0.15) is 0 Å². The summed E-state index contributed by atoms with van der Waals surface area (Å²) in [5.41, 5.74) is 6.22. The standard InChI is InChI=1S/C30H29P/c1-4-14-24(15-5-1)27-20-10-12-22-29(27)31(26-18-8-3-9-19-26)30-23-13-11-21-28(30)25-16-6-2-7-17-25/h1-2,4-7,10-17,20-23,26H,3,8-9,18-19H2. The zero-order valence-corrected chi connectivity index (χ0v) is 18.8. The Morgan fingerprint density at radius 3 is 1.35 bits per heavy atom. The van der Waals surface area contributed by atoms with Crippen molar-refractivity contribution in [3.05, 3.63) is 109 Å². The van der Waals surface area contributed by atoms with Crippen molar-refractivity contribution in [3.8, 4) is 22.3 Å². The second-order valence-electron chi connectivity index (χ2n) is 8.43. The van der Waals surface area contributed by atoms with Crippen LogP contribution in [0.2, 0.25) is 0 Å². The first kappa shape index (κ1) is 20.2. The Bertz CT molecular complexity index is 1030. The molecule has 1 heteroatoms. The first-order valence-electron chi connectivity index (χ1n) is 11.5. The van der Waals surface area contributed by atoms with Gasteiger partial charge in [-0.3, -0.25) is 0 Å². The minimum absolute atomic E-state index is 0.458. The average molecular weight is 421 g/mol. The molecule has 0 aliphatic heterocycles. The van der Waals surface area contributed by atoms with Crippen molar-refractivity contribution in [2.45, 2.75) is 37.8 Å². The molecule has 0 bridgehead atoms. The van der Waals surface area contributed by atoms with Crippen molar-refractivity contribution in [2.24, 2.45) is 0 Å². The predicted octanol–water partition coefficient (Wildman–Crippen LogP) is 7.79. The molecule has 1 aliphatic rings. The van der Waals surface area contributed by atoms with Gasteiger partial charge in [0.2, 0.25) is 0 Å². The second-order valence-corrected chi connectivity index (χ2v) is 10.9. The molecule has 1 saturated carbocycles. The zero-order chi connectivity index (χ0) is 20.9. The van der Waals surface area contributed by atoms with Crippen molar-refractivity contribution in [3.63, 3.8) is 0 Å². The maximum absolute atomic E-state index is 2.41. The van der Waals surface area contributed by atoms with E-state index in [1.165, 1.54) is 54.4 Å². The van der Waals surface area contributed by atoms with E-state index in [0.717, 1.165) is 5.66 Å². The molecule has 1 aliphatic carbocycles. The molecule has 0 aromatic heterocycles. The van der Waals surface area contributed by atoms with Crippen LogP contribution in [-0.2, 0) is 0 Å². The van der Waals surface area contributed by atoms with Crippen LogP contribution < -0.4 is 10.6 Å². The Balaban J connectivity index is 1.70. The van der Waals surface area contributed by atoms with E-state index in [2.05, 4.69) is 109 Å². The van der Waals surface area contributed by atoms with Gasteiger partial charge in [-0.05, 0) is 59.3 Å². The fraction of sp³-hybridized carbons (Fsp3) is 0.200. The molecular formula is C30H29P. The third-order valence-electron chi connectivity index (χ3n) is 6.44. The van der Waals surface area contributed by atoms with Gasteiger partial charge in [0.15, 0.2) is 0 Å². The first-order chi connectivity index (χ1) is 15.4. The van der Waals surface area contributed by atoms with Crippen molar-refractivity contribution < 1.29 is 0 Å². The molecular weight excluding hydrogens is 391 g/mol. The van der Waals surface area contributed by atoms with Gasteiger partial charge in [-0.25, -0.2) is 0 Å². The first-order valence-corrected chi connectivity index (χ1v) is 12.9. The van der Waals surface area contributed by atoms with E-state index in [1.54, 1.807) is 10.6 Å². The van der Waals surface area contributed by atoms with Gasteiger partial charge in [-0.1, -0.05) is 128 Å². The number of benzene rings is 4. The van der Waals surface area contributed by atoms with Crippen LogP contribution in [0.15, 0.2) is 109 Å². The Kier molecular flexibility index (Phi) is 6.28. The quantitative estimate of drug-likeness (QED) is 0.289. The Hall–Kier alpha value is -2.69. The number of hydrogen-bond donors (Lipinski definition) is 0. The summed E-state index contributed by atoms with van der Waals surface area (Å²) in [6, 6.07) is 40.2. The average Bonchev–Trinajstić information content (AvgIpc) is 2.87. The summed E-state index contributed by atoms with van der Waals surface area (Å²) < 4.78 is 0. The fourth-order valence-electron chi connectivity index (χ4n) is 4.95. The molecule has 154 valence electrons. The van der Waals surface area contributed by atoms with Gasteiger partial charge in [-0.15, -0.1) is 0 Å². The van der Waals surface area contributed by atoms with Crippen molar-refractivity contribution in [1.82, 2.24) is 0 Å².